The summed E-state index contributed by atoms with van der Waals surface area (Å²) >= 11 is 0. The van der Waals surface area contributed by atoms with Crippen molar-refractivity contribution in [1.29, 1.82) is 0 Å². The molecule has 0 spiro atoms. The molecule has 0 aromatic carbocycles. The Bertz CT molecular complexity index is 451. The molecule has 1 heterocycles. The van der Waals surface area contributed by atoms with Crippen LogP contribution in [0.15, 0.2) is 6.33 Å². The Kier molecular flexibility index (Phi) is 6.10. The van der Waals surface area contributed by atoms with Crippen LogP contribution in [-0.2, 0) is 4.74 Å². The van der Waals surface area contributed by atoms with Crippen LogP contribution in [0.4, 0.5) is 17.3 Å². The molecule has 1 rings (SSSR count). The first-order chi connectivity index (χ1) is 9.54. The fraction of sp³-hybridized carbons (Fsp3) is 0.667. The fourth-order valence-electron chi connectivity index (χ4n) is 1.92. The second-order valence-electron chi connectivity index (χ2n) is 4.32. The van der Waals surface area contributed by atoms with Gasteiger partial charge in [-0.25, -0.2) is 9.97 Å². The van der Waals surface area contributed by atoms with E-state index in [4.69, 9.17) is 4.74 Å². The van der Waals surface area contributed by atoms with Crippen molar-refractivity contribution in [2.24, 2.45) is 0 Å². The maximum Gasteiger partial charge on any atom is 0.353 e. The lowest BCUT2D eigenvalue weighted by Gasteiger charge is -2.21. The van der Waals surface area contributed by atoms with Crippen LogP contribution in [0.1, 0.15) is 20.8 Å². The highest BCUT2D eigenvalue weighted by Gasteiger charge is 2.26. The largest absolute Gasteiger partial charge is 0.383 e. The summed E-state index contributed by atoms with van der Waals surface area (Å²) in [5.41, 5.74) is -0.0980. The molecule has 1 atom stereocenters. The molecule has 0 saturated carbocycles. The summed E-state index contributed by atoms with van der Waals surface area (Å²) in [7, 11) is 1.58. The number of hydrogen-bond acceptors (Lipinski definition) is 7. The van der Waals surface area contributed by atoms with Gasteiger partial charge in [-0.1, -0.05) is 0 Å². The molecule has 1 N–H and O–H groups in total. The monoisotopic (exact) mass is 283 g/mol. The van der Waals surface area contributed by atoms with Gasteiger partial charge >= 0.3 is 5.69 Å². The van der Waals surface area contributed by atoms with Crippen LogP contribution in [0.2, 0.25) is 0 Å². The molecule has 0 saturated heterocycles. The molecule has 0 aliphatic rings. The number of anilines is 2. The molecule has 8 nitrogen and oxygen atoms in total. The van der Waals surface area contributed by atoms with E-state index in [1.165, 1.54) is 6.33 Å². The molecule has 1 aromatic rings. The van der Waals surface area contributed by atoms with E-state index in [1.54, 1.807) is 7.11 Å². The number of nitro groups is 1. The van der Waals surface area contributed by atoms with E-state index >= 15 is 0 Å². The van der Waals surface area contributed by atoms with Crippen molar-refractivity contribution < 1.29 is 9.66 Å². The van der Waals surface area contributed by atoms with E-state index in [-0.39, 0.29) is 17.5 Å². The van der Waals surface area contributed by atoms with Crippen molar-refractivity contribution in [3.05, 3.63) is 16.4 Å². The van der Waals surface area contributed by atoms with Crippen LogP contribution in [-0.4, -0.2) is 47.7 Å². The van der Waals surface area contributed by atoms with Gasteiger partial charge in [0.05, 0.1) is 11.5 Å². The van der Waals surface area contributed by atoms with E-state index in [0.717, 1.165) is 0 Å². The summed E-state index contributed by atoms with van der Waals surface area (Å²) in [6, 6.07) is -0.0850. The Morgan fingerprint density at radius 3 is 2.60 bits per heavy atom. The zero-order valence-electron chi connectivity index (χ0n) is 12.3. The number of nitrogens with one attached hydrogen (secondary N) is 1. The molecular formula is C12H21N5O3. The van der Waals surface area contributed by atoms with E-state index < -0.39 is 4.92 Å². The molecule has 20 heavy (non-hydrogen) atoms. The van der Waals surface area contributed by atoms with Crippen molar-refractivity contribution in [2.75, 3.05) is 37.0 Å². The predicted octanol–water partition coefficient (Wildman–Crippen LogP) is 1.68. The lowest BCUT2D eigenvalue weighted by Crippen LogP contribution is -2.26. The van der Waals surface area contributed by atoms with Crippen LogP contribution in [0.3, 0.4) is 0 Å². The van der Waals surface area contributed by atoms with Gasteiger partial charge in [0.15, 0.2) is 0 Å². The Balaban J connectivity index is 3.17. The summed E-state index contributed by atoms with van der Waals surface area (Å²) in [6.45, 7) is 7.43. The van der Waals surface area contributed by atoms with Crippen LogP contribution in [0, 0.1) is 10.1 Å². The second-order valence-corrected chi connectivity index (χ2v) is 4.32. The minimum absolute atomic E-state index is 0.0850. The minimum atomic E-state index is -0.449. The summed E-state index contributed by atoms with van der Waals surface area (Å²) in [6.07, 6.45) is 1.34. The maximum atomic E-state index is 11.3. The Morgan fingerprint density at radius 2 is 2.10 bits per heavy atom. The van der Waals surface area contributed by atoms with Crippen molar-refractivity contribution in [3.8, 4) is 0 Å². The topological polar surface area (TPSA) is 93.4 Å². The maximum absolute atomic E-state index is 11.3. The molecule has 112 valence electrons. The van der Waals surface area contributed by atoms with Gasteiger partial charge in [-0.2, -0.15) is 0 Å². The molecule has 0 aliphatic heterocycles. The third kappa shape index (κ3) is 3.77. The average Bonchev–Trinajstić information content (AvgIpc) is 2.40. The quantitative estimate of drug-likeness (QED) is 0.573. The van der Waals surface area contributed by atoms with Crippen LogP contribution in [0.25, 0.3) is 0 Å². The van der Waals surface area contributed by atoms with Crippen LogP contribution in [0.5, 0.6) is 0 Å². The lowest BCUT2D eigenvalue weighted by molar-refractivity contribution is -0.383. The SMILES string of the molecule is CCN(CC)c1ncnc(NC(C)COC)c1[N+](=O)[O-]. The van der Waals surface area contributed by atoms with Gasteiger partial charge in [-0.3, -0.25) is 10.1 Å². The third-order valence-corrected chi connectivity index (χ3v) is 2.85. The lowest BCUT2D eigenvalue weighted by atomic mass is 10.3. The first-order valence-electron chi connectivity index (χ1n) is 6.54. The standard InChI is InChI=1S/C12H21N5O3/c1-5-16(6-2)12-10(17(18)19)11(13-8-14-12)15-9(3)7-20-4/h8-9H,5-7H2,1-4H3,(H,13,14,15). The zero-order valence-corrected chi connectivity index (χ0v) is 12.3. The van der Waals surface area contributed by atoms with Gasteiger partial charge in [0.25, 0.3) is 0 Å². The molecule has 8 heteroatoms. The summed E-state index contributed by atoms with van der Waals surface area (Å²) in [4.78, 5) is 20.8. The summed E-state index contributed by atoms with van der Waals surface area (Å²) < 4.78 is 5.01. The number of aromatic nitrogens is 2. The summed E-state index contributed by atoms with van der Waals surface area (Å²) in [5, 5.41) is 14.3. The first-order valence-corrected chi connectivity index (χ1v) is 6.54. The zero-order chi connectivity index (χ0) is 15.1. The molecule has 0 aliphatic carbocycles. The van der Waals surface area contributed by atoms with Crippen molar-refractivity contribution in [1.82, 2.24) is 9.97 Å². The highest BCUT2D eigenvalue weighted by Crippen LogP contribution is 2.31. The van der Waals surface area contributed by atoms with Gasteiger partial charge in [0, 0.05) is 26.2 Å². The highest BCUT2D eigenvalue weighted by atomic mass is 16.6. The third-order valence-electron chi connectivity index (χ3n) is 2.85. The van der Waals surface area contributed by atoms with Crippen LogP contribution < -0.4 is 10.2 Å². The van der Waals surface area contributed by atoms with Crippen LogP contribution >= 0.6 is 0 Å². The van der Waals surface area contributed by atoms with Gasteiger partial charge in [-0.15, -0.1) is 0 Å². The first kappa shape index (κ1) is 16.1. The molecule has 0 fully saturated rings. The molecular weight excluding hydrogens is 262 g/mol. The van der Waals surface area contributed by atoms with Gasteiger partial charge in [-0.05, 0) is 20.8 Å². The molecule has 1 unspecified atom stereocenters. The number of nitrogens with zero attached hydrogens (tertiary/aromatic N) is 4. The van der Waals surface area contributed by atoms with E-state index in [2.05, 4.69) is 15.3 Å². The molecule has 0 amide bonds. The Morgan fingerprint density at radius 1 is 1.45 bits per heavy atom. The number of ether oxygens (including phenoxy) is 1. The Labute approximate surface area is 118 Å². The van der Waals surface area contributed by atoms with Crippen molar-refractivity contribution in [2.45, 2.75) is 26.8 Å². The van der Waals surface area contributed by atoms with Gasteiger partial charge in [0.2, 0.25) is 11.6 Å². The van der Waals surface area contributed by atoms with Crippen molar-refractivity contribution >= 4 is 17.3 Å². The second kappa shape index (κ2) is 7.59. The number of rotatable bonds is 8. The normalized spacial score (nSPS) is 12.0. The molecule has 0 bridgehead atoms. The Hall–Kier alpha value is -1.96. The average molecular weight is 283 g/mol. The number of hydrogen-bond donors (Lipinski definition) is 1. The van der Waals surface area contributed by atoms with Gasteiger partial charge in [0.1, 0.15) is 6.33 Å². The van der Waals surface area contributed by atoms with E-state index in [0.29, 0.717) is 25.5 Å². The van der Waals surface area contributed by atoms with Gasteiger partial charge < -0.3 is 15.0 Å². The smallest absolute Gasteiger partial charge is 0.353 e. The summed E-state index contributed by atoms with van der Waals surface area (Å²) in [5.74, 6) is 0.554. The van der Waals surface area contributed by atoms with E-state index in [9.17, 15) is 10.1 Å². The molecule has 0 radical (unpaired) electrons. The highest BCUT2D eigenvalue weighted by molar-refractivity contribution is 5.70. The van der Waals surface area contributed by atoms with Crippen molar-refractivity contribution in [3.63, 3.8) is 0 Å². The molecule has 1 aromatic heterocycles. The number of methoxy groups -OCH3 is 1. The fourth-order valence-corrected chi connectivity index (χ4v) is 1.92. The predicted molar refractivity (Wildman–Crippen MR) is 77.2 cm³/mol. The van der Waals surface area contributed by atoms with E-state index in [1.807, 2.05) is 25.7 Å². The minimum Gasteiger partial charge on any atom is -0.383 e.